The van der Waals surface area contributed by atoms with Crippen molar-refractivity contribution in [2.45, 2.75) is 18.7 Å². The van der Waals surface area contributed by atoms with Crippen LogP contribution in [0.2, 0.25) is 0 Å². The molecule has 3 aromatic rings. The second kappa shape index (κ2) is 9.56. The molecule has 0 aliphatic carbocycles. The maximum Gasteiger partial charge on any atom is 0.235 e. The number of thiazole rings is 1. The van der Waals surface area contributed by atoms with Gasteiger partial charge in [0.1, 0.15) is 5.75 Å². The Bertz CT molecular complexity index is 1160. The van der Waals surface area contributed by atoms with Crippen LogP contribution >= 0.6 is 11.3 Å². The molecule has 0 spiro atoms. The molecule has 1 aromatic heterocycles. The Kier molecular flexibility index (Phi) is 6.78. The van der Waals surface area contributed by atoms with Gasteiger partial charge in [-0.15, -0.1) is 0 Å². The summed E-state index contributed by atoms with van der Waals surface area (Å²) in [5, 5.41) is 3.81. The fourth-order valence-corrected chi connectivity index (χ4v) is 6.18. The van der Waals surface area contributed by atoms with Gasteiger partial charge in [0.05, 0.1) is 15.1 Å². The molecule has 0 saturated carbocycles. The van der Waals surface area contributed by atoms with Gasteiger partial charge in [-0.05, 0) is 37.1 Å². The van der Waals surface area contributed by atoms with Crippen LogP contribution in [0.5, 0.6) is 0 Å². The molecule has 1 aliphatic heterocycles. The smallest absolute Gasteiger partial charge is 0.235 e. The topological polar surface area (TPSA) is 82.6 Å². The zero-order valence-electron chi connectivity index (χ0n) is 18.4. The predicted molar refractivity (Wildman–Crippen MR) is 129 cm³/mol. The minimum atomic E-state index is -3.61. The first kappa shape index (κ1) is 22.7. The Labute approximate surface area is 193 Å². The van der Waals surface area contributed by atoms with Gasteiger partial charge < -0.3 is 10.2 Å². The molecule has 4 rings (SSSR count). The zero-order chi connectivity index (χ0) is 22.7. The number of fused-ring (bicyclic) bond motifs is 1. The van der Waals surface area contributed by atoms with Gasteiger partial charge in [-0.1, -0.05) is 41.7 Å². The minimum absolute atomic E-state index is 0.173. The monoisotopic (exact) mass is 472 g/mol. The molecule has 1 fully saturated rings. The minimum Gasteiger partial charge on any atom is -0.354 e. The first-order valence-electron chi connectivity index (χ1n) is 10.7. The van der Waals surface area contributed by atoms with Gasteiger partial charge in [0.15, 0.2) is 15.0 Å². The zero-order valence-corrected chi connectivity index (χ0v) is 20.0. The number of hydrogen-bond acceptors (Lipinski definition) is 7. The maximum atomic E-state index is 12.3. The van der Waals surface area contributed by atoms with E-state index in [0.717, 1.165) is 36.8 Å². The van der Waals surface area contributed by atoms with E-state index in [1.165, 1.54) is 28.0 Å². The Morgan fingerprint density at radius 1 is 1.03 bits per heavy atom. The fraction of sp³-hybridized carbons (Fsp3) is 0.391. The van der Waals surface area contributed by atoms with Gasteiger partial charge in [0.2, 0.25) is 5.91 Å². The summed E-state index contributed by atoms with van der Waals surface area (Å²) in [6.45, 7) is 8.88. The summed E-state index contributed by atoms with van der Waals surface area (Å²) in [6, 6.07) is 12.3. The molecule has 2 heterocycles. The summed E-state index contributed by atoms with van der Waals surface area (Å²) < 4.78 is 25.9. The van der Waals surface area contributed by atoms with Crippen LogP contribution in [-0.4, -0.2) is 69.2 Å². The van der Waals surface area contributed by atoms with Crippen LogP contribution in [0.4, 0.5) is 5.13 Å². The summed E-state index contributed by atoms with van der Waals surface area (Å²) in [7, 11) is -3.61. The first-order valence-corrected chi connectivity index (χ1v) is 13.2. The van der Waals surface area contributed by atoms with E-state index in [2.05, 4.69) is 41.1 Å². The molecule has 170 valence electrons. The van der Waals surface area contributed by atoms with Gasteiger partial charge in [-0.25, -0.2) is 13.4 Å². The average Bonchev–Trinajstić information content (AvgIpc) is 3.24. The van der Waals surface area contributed by atoms with Crippen LogP contribution in [0, 0.1) is 13.8 Å². The second-order valence-electron chi connectivity index (χ2n) is 8.12. The number of carbonyl (C=O) groups is 1. The number of aryl methyl sites for hydroxylation is 2. The number of hydrogen-bond donors (Lipinski definition) is 1. The molecule has 1 saturated heterocycles. The highest BCUT2D eigenvalue weighted by atomic mass is 32.2. The van der Waals surface area contributed by atoms with E-state index < -0.39 is 21.5 Å². The van der Waals surface area contributed by atoms with Gasteiger partial charge in [0.25, 0.3) is 0 Å². The molecule has 32 heavy (non-hydrogen) atoms. The van der Waals surface area contributed by atoms with Crippen molar-refractivity contribution in [1.29, 1.82) is 0 Å². The normalized spacial score (nSPS) is 15.2. The standard InChI is InChI=1S/C23H28N4O3S2/c1-17-8-9-18(2)22-21(17)25-23(31-22)27-14-12-26(13-15-27)11-10-24-20(28)16-32(29,30)19-6-4-3-5-7-19/h3-9H,10-16H2,1-2H3,(H,24,28). The number of nitrogens with one attached hydrogen (secondary N) is 1. The van der Waals surface area contributed by atoms with E-state index >= 15 is 0 Å². The average molecular weight is 473 g/mol. The van der Waals surface area contributed by atoms with Crippen molar-refractivity contribution in [2.75, 3.05) is 49.9 Å². The van der Waals surface area contributed by atoms with E-state index in [1.54, 1.807) is 29.5 Å². The van der Waals surface area contributed by atoms with E-state index in [-0.39, 0.29) is 4.90 Å². The number of piperazine rings is 1. The molecule has 0 unspecified atom stereocenters. The van der Waals surface area contributed by atoms with Gasteiger partial charge in [-0.3, -0.25) is 9.69 Å². The van der Waals surface area contributed by atoms with E-state index in [1.807, 2.05) is 0 Å². The summed E-state index contributed by atoms with van der Waals surface area (Å²) >= 11 is 1.75. The summed E-state index contributed by atoms with van der Waals surface area (Å²) in [6.07, 6.45) is 0. The van der Waals surface area contributed by atoms with Gasteiger partial charge in [0, 0.05) is 39.3 Å². The second-order valence-corrected chi connectivity index (χ2v) is 11.1. The molecular formula is C23H28N4O3S2. The van der Waals surface area contributed by atoms with Crippen LogP contribution in [0.1, 0.15) is 11.1 Å². The van der Waals surface area contributed by atoms with E-state index in [4.69, 9.17) is 4.98 Å². The number of rotatable bonds is 7. The number of carbonyl (C=O) groups excluding carboxylic acids is 1. The molecule has 9 heteroatoms. The Morgan fingerprint density at radius 3 is 2.41 bits per heavy atom. The summed E-state index contributed by atoms with van der Waals surface area (Å²) in [5.41, 5.74) is 3.57. The third-order valence-corrected chi connectivity index (χ3v) is 8.63. The highest BCUT2D eigenvalue weighted by Gasteiger charge is 2.22. The molecule has 1 aliphatic rings. The molecule has 0 atom stereocenters. The van der Waals surface area contributed by atoms with Crippen molar-refractivity contribution in [3.8, 4) is 0 Å². The first-order chi connectivity index (χ1) is 15.3. The van der Waals surface area contributed by atoms with Crippen LogP contribution in [0.15, 0.2) is 47.4 Å². The molecule has 1 amide bonds. The molecule has 2 aromatic carbocycles. The van der Waals surface area contributed by atoms with Crippen molar-refractivity contribution in [3.05, 3.63) is 53.6 Å². The lowest BCUT2D eigenvalue weighted by molar-refractivity contribution is -0.118. The number of nitrogens with zero attached hydrogens (tertiary/aromatic N) is 3. The van der Waals surface area contributed by atoms with Crippen molar-refractivity contribution < 1.29 is 13.2 Å². The Balaban J connectivity index is 1.24. The molecule has 0 bridgehead atoms. The lowest BCUT2D eigenvalue weighted by Gasteiger charge is -2.34. The molecule has 7 nitrogen and oxygen atoms in total. The summed E-state index contributed by atoms with van der Waals surface area (Å²) in [4.78, 5) is 21.8. The van der Waals surface area contributed by atoms with Crippen molar-refractivity contribution in [1.82, 2.24) is 15.2 Å². The molecule has 0 radical (unpaired) electrons. The van der Waals surface area contributed by atoms with Gasteiger partial charge in [-0.2, -0.15) is 0 Å². The van der Waals surface area contributed by atoms with Crippen LogP contribution < -0.4 is 10.2 Å². The number of anilines is 1. The highest BCUT2D eigenvalue weighted by Crippen LogP contribution is 2.33. The van der Waals surface area contributed by atoms with Crippen LogP contribution in [-0.2, 0) is 14.6 Å². The van der Waals surface area contributed by atoms with E-state index in [9.17, 15) is 13.2 Å². The van der Waals surface area contributed by atoms with E-state index in [0.29, 0.717) is 13.1 Å². The number of aromatic nitrogens is 1. The number of sulfone groups is 1. The van der Waals surface area contributed by atoms with Crippen molar-refractivity contribution in [3.63, 3.8) is 0 Å². The van der Waals surface area contributed by atoms with Crippen molar-refractivity contribution in [2.24, 2.45) is 0 Å². The Hall–Kier alpha value is -2.49. The third kappa shape index (κ3) is 5.11. The lowest BCUT2D eigenvalue weighted by atomic mass is 10.1. The quantitative estimate of drug-likeness (QED) is 0.569. The molecular weight excluding hydrogens is 444 g/mol. The molecule has 1 N–H and O–H groups in total. The Morgan fingerprint density at radius 2 is 1.72 bits per heavy atom. The van der Waals surface area contributed by atoms with Crippen LogP contribution in [0.25, 0.3) is 10.2 Å². The summed E-state index contributed by atoms with van der Waals surface area (Å²) in [5.74, 6) is -0.992. The highest BCUT2D eigenvalue weighted by molar-refractivity contribution is 7.92. The largest absolute Gasteiger partial charge is 0.354 e. The maximum absolute atomic E-state index is 12.3. The fourth-order valence-electron chi connectivity index (χ4n) is 3.83. The number of amides is 1. The lowest BCUT2D eigenvalue weighted by Crippen LogP contribution is -2.48. The van der Waals surface area contributed by atoms with Gasteiger partial charge >= 0.3 is 0 Å². The SMILES string of the molecule is Cc1ccc(C)c2sc(N3CCN(CCNC(=O)CS(=O)(=O)c4ccccc4)CC3)nc12. The van der Waals surface area contributed by atoms with Crippen molar-refractivity contribution >= 4 is 42.4 Å². The number of benzene rings is 2. The predicted octanol–water partition coefficient (Wildman–Crippen LogP) is 2.63. The van der Waals surface area contributed by atoms with Crippen LogP contribution in [0.3, 0.4) is 0 Å². The third-order valence-electron chi connectivity index (χ3n) is 5.75.